The summed E-state index contributed by atoms with van der Waals surface area (Å²) >= 11 is 2.53. The maximum atomic E-state index is 13.5. The number of rotatable bonds is 9. The molecule has 1 unspecified atom stereocenters. The van der Waals surface area contributed by atoms with Gasteiger partial charge in [-0.1, -0.05) is 52.9 Å². The normalized spacial score (nSPS) is 16.7. The summed E-state index contributed by atoms with van der Waals surface area (Å²) in [5.74, 6) is 0.818. The van der Waals surface area contributed by atoms with Gasteiger partial charge < -0.3 is 19.9 Å². The van der Waals surface area contributed by atoms with Crippen LogP contribution >= 0.6 is 23.1 Å². The van der Waals surface area contributed by atoms with E-state index in [0.717, 1.165) is 5.56 Å². The molecule has 5 rings (SSSR count). The molecule has 0 radical (unpaired) electrons. The van der Waals surface area contributed by atoms with Crippen molar-refractivity contribution in [2.75, 3.05) is 32.0 Å². The number of anilines is 1. The van der Waals surface area contributed by atoms with Crippen LogP contribution < -0.4 is 24.8 Å². The molecule has 2 aliphatic rings. The highest BCUT2D eigenvalue weighted by Crippen LogP contribution is 2.50. The first kappa shape index (κ1) is 29.2. The zero-order valence-electron chi connectivity index (χ0n) is 23.6. The van der Waals surface area contributed by atoms with Gasteiger partial charge in [-0.2, -0.15) is 5.26 Å². The summed E-state index contributed by atoms with van der Waals surface area (Å²) in [5.41, 5.74) is 10.3. The fourth-order valence-electron chi connectivity index (χ4n) is 5.20. The molecule has 1 aromatic heterocycles. The van der Waals surface area contributed by atoms with Crippen LogP contribution in [0.1, 0.15) is 46.7 Å². The summed E-state index contributed by atoms with van der Waals surface area (Å²) in [6, 6.07) is 13.1. The summed E-state index contributed by atoms with van der Waals surface area (Å²) in [7, 11) is 4.55. The summed E-state index contributed by atoms with van der Waals surface area (Å²) in [6.07, 6.45) is 1.53. The number of ether oxygens (including phenoxy) is 3. The van der Waals surface area contributed by atoms with Crippen LogP contribution in [0.5, 0.6) is 17.2 Å². The molecule has 0 fully saturated rings. The van der Waals surface area contributed by atoms with E-state index in [9.17, 15) is 14.9 Å². The molecule has 2 N–H and O–H groups in total. The minimum Gasteiger partial charge on any atom is -0.496 e. The molecule has 2 aromatic carbocycles. The maximum absolute atomic E-state index is 13.5. The third kappa shape index (κ3) is 5.33. The number of carbonyl (C=O) groups excluding carboxylic acids is 2. The van der Waals surface area contributed by atoms with Gasteiger partial charge in [-0.05, 0) is 25.8 Å². The zero-order chi connectivity index (χ0) is 30.0. The molecule has 1 aliphatic heterocycles. The van der Waals surface area contributed by atoms with Crippen LogP contribution in [-0.4, -0.2) is 48.8 Å². The molecule has 1 atom stereocenters. The number of benzene rings is 2. The fraction of sp³-hybridized carbons (Fsp3) is 0.300. The first-order valence-electron chi connectivity index (χ1n) is 13.1. The summed E-state index contributed by atoms with van der Waals surface area (Å²) < 4.78 is 17.2. The second-order valence-corrected chi connectivity index (χ2v) is 11.9. The van der Waals surface area contributed by atoms with E-state index in [1.165, 1.54) is 44.4 Å². The van der Waals surface area contributed by atoms with Gasteiger partial charge in [0.15, 0.2) is 27.4 Å². The number of nitrogens with zero attached hydrogens (tertiary/aromatic N) is 4. The quantitative estimate of drug-likeness (QED) is 0.256. The average molecular weight is 604 g/mol. The maximum Gasteiger partial charge on any atom is 0.219 e. The zero-order valence-corrected chi connectivity index (χ0v) is 25.2. The highest BCUT2D eigenvalue weighted by Gasteiger charge is 2.42. The molecule has 42 heavy (non-hydrogen) atoms. The first-order chi connectivity index (χ1) is 20.3. The van der Waals surface area contributed by atoms with E-state index >= 15 is 0 Å². The number of aromatic nitrogens is 2. The number of ketones is 2. The minimum atomic E-state index is -0.766. The molecule has 2 heterocycles. The Morgan fingerprint density at radius 3 is 2.45 bits per heavy atom. The van der Waals surface area contributed by atoms with Gasteiger partial charge in [-0.25, -0.2) is 0 Å². The Labute approximate surface area is 251 Å². The van der Waals surface area contributed by atoms with Crippen LogP contribution in [0.15, 0.2) is 63.4 Å². The summed E-state index contributed by atoms with van der Waals surface area (Å²) in [6.45, 7) is 1.97. The van der Waals surface area contributed by atoms with Gasteiger partial charge in [0, 0.05) is 34.9 Å². The van der Waals surface area contributed by atoms with Crippen molar-refractivity contribution in [2.24, 2.45) is 5.73 Å². The number of thioether (sulfide) groups is 1. The number of aryl methyl sites for hydroxylation is 1. The SMILES string of the molecule is COc1cc(OC)c(C2C(C#N)=C(N)N(c3nnc(SCC(=O)c4ccc(C)cc4)s3)C3=C2C(=O)CCC3)cc1OC. The first-order valence-corrected chi connectivity index (χ1v) is 14.9. The van der Waals surface area contributed by atoms with Gasteiger partial charge in [0.05, 0.1) is 44.6 Å². The lowest BCUT2D eigenvalue weighted by Gasteiger charge is -2.38. The van der Waals surface area contributed by atoms with E-state index in [0.29, 0.717) is 68.4 Å². The molecule has 0 bridgehead atoms. The number of hydrogen-bond acceptors (Lipinski definition) is 12. The fourth-order valence-corrected chi connectivity index (χ4v) is 6.97. The monoisotopic (exact) mass is 603 g/mol. The standard InChI is InChI=1S/C30H29N5O5S2/c1-16-8-10-17(11-9-16)22(37)15-41-30-34-33-29(42-30)35-20-6-5-7-21(36)27(20)26(19(14-31)28(35)32)18-12-24(39-3)25(40-4)13-23(18)38-2/h8-13,26H,5-7,15,32H2,1-4H3. The number of hydrogen-bond donors (Lipinski definition) is 1. The van der Waals surface area contributed by atoms with Crippen LogP contribution in [0, 0.1) is 18.3 Å². The second-order valence-electron chi connectivity index (χ2n) is 9.69. The molecular weight excluding hydrogens is 574 g/mol. The van der Waals surface area contributed by atoms with Gasteiger partial charge >= 0.3 is 0 Å². The number of carbonyl (C=O) groups is 2. The van der Waals surface area contributed by atoms with Crippen molar-refractivity contribution in [1.29, 1.82) is 5.26 Å². The number of allylic oxidation sites excluding steroid dienone is 3. The largest absolute Gasteiger partial charge is 0.496 e. The van der Waals surface area contributed by atoms with E-state index in [4.69, 9.17) is 19.9 Å². The van der Waals surface area contributed by atoms with Crippen molar-refractivity contribution in [3.8, 4) is 23.3 Å². The minimum absolute atomic E-state index is 0.0181. The average Bonchev–Trinajstić information content (AvgIpc) is 3.47. The Bertz CT molecular complexity index is 1660. The van der Waals surface area contributed by atoms with Crippen LogP contribution in [0.3, 0.4) is 0 Å². The number of methoxy groups -OCH3 is 3. The molecule has 10 nitrogen and oxygen atoms in total. The Morgan fingerprint density at radius 2 is 1.79 bits per heavy atom. The van der Waals surface area contributed by atoms with E-state index in [-0.39, 0.29) is 28.7 Å². The van der Waals surface area contributed by atoms with Crippen molar-refractivity contribution in [3.05, 3.63) is 75.8 Å². The molecule has 0 spiro atoms. The smallest absolute Gasteiger partial charge is 0.219 e. The highest BCUT2D eigenvalue weighted by molar-refractivity contribution is 8.01. The number of nitrogens with two attached hydrogens (primary N) is 1. The number of Topliss-reactive ketones (excluding diaryl/α,β-unsaturated/α-hetero) is 2. The van der Waals surface area contributed by atoms with Gasteiger partial charge in [0.2, 0.25) is 5.13 Å². The van der Waals surface area contributed by atoms with Crippen LogP contribution in [0.25, 0.3) is 0 Å². The number of nitriles is 1. The lowest BCUT2D eigenvalue weighted by molar-refractivity contribution is -0.116. The Balaban J connectivity index is 1.53. The highest BCUT2D eigenvalue weighted by atomic mass is 32.2. The molecular formula is C30H29N5O5S2. The van der Waals surface area contributed by atoms with Gasteiger partial charge in [0.25, 0.3) is 0 Å². The third-order valence-electron chi connectivity index (χ3n) is 7.25. The van der Waals surface area contributed by atoms with E-state index in [1.807, 2.05) is 31.2 Å². The summed E-state index contributed by atoms with van der Waals surface area (Å²) in [5, 5.41) is 19.4. The van der Waals surface area contributed by atoms with Crippen LogP contribution in [0.4, 0.5) is 5.13 Å². The molecule has 216 valence electrons. The Morgan fingerprint density at radius 1 is 1.10 bits per heavy atom. The van der Waals surface area contributed by atoms with Gasteiger partial charge in [-0.15, -0.1) is 10.2 Å². The molecule has 1 aliphatic carbocycles. The lowest BCUT2D eigenvalue weighted by atomic mass is 9.75. The van der Waals surface area contributed by atoms with Crippen LogP contribution in [-0.2, 0) is 4.79 Å². The molecule has 0 saturated carbocycles. The van der Waals surface area contributed by atoms with Crippen molar-refractivity contribution in [1.82, 2.24) is 10.2 Å². The van der Waals surface area contributed by atoms with Gasteiger partial charge in [0.1, 0.15) is 11.6 Å². The van der Waals surface area contributed by atoms with E-state index in [2.05, 4.69) is 16.3 Å². The Kier molecular flexibility index (Phi) is 8.51. The van der Waals surface area contributed by atoms with Crippen molar-refractivity contribution in [3.63, 3.8) is 0 Å². The van der Waals surface area contributed by atoms with Crippen molar-refractivity contribution >= 4 is 39.8 Å². The lowest BCUT2D eigenvalue weighted by Crippen LogP contribution is -2.38. The van der Waals surface area contributed by atoms with Crippen LogP contribution in [0.2, 0.25) is 0 Å². The van der Waals surface area contributed by atoms with Gasteiger partial charge in [-0.3, -0.25) is 14.5 Å². The molecule has 0 saturated heterocycles. The third-order valence-corrected chi connectivity index (χ3v) is 9.29. The molecule has 3 aromatic rings. The predicted molar refractivity (Wildman–Crippen MR) is 160 cm³/mol. The second kappa shape index (κ2) is 12.3. The molecule has 0 amide bonds. The topological polar surface area (TPSA) is 141 Å². The van der Waals surface area contributed by atoms with Crippen molar-refractivity contribution < 1.29 is 23.8 Å². The van der Waals surface area contributed by atoms with E-state index in [1.54, 1.807) is 17.0 Å². The summed E-state index contributed by atoms with van der Waals surface area (Å²) in [4.78, 5) is 27.9. The van der Waals surface area contributed by atoms with Crippen molar-refractivity contribution in [2.45, 2.75) is 36.4 Å². The predicted octanol–water partition coefficient (Wildman–Crippen LogP) is 5.15. The Hall–Kier alpha value is -4.34. The van der Waals surface area contributed by atoms with E-state index < -0.39 is 5.92 Å². The molecule has 12 heteroatoms.